The van der Waals surface area contributed by atoms with Crippen LogP contribution >= 0.6 is 58.0 Å². The fourth-order valence-electron chi connectivity index (χ4n) is 2.57. The van der Waals surface area contributed by atoms with Gasteiger partial charge in [-0.15, -0.1) is 7.90 Å². The van der Waals surface area contributed by atoms with E-state index in [9.17, 15) is 16.8 Å². The first-order valence-corrected chi connectivity index (χ1v) is 15.1. The summed E-state index contributed by atoms with van der Waals surface area (Å²) >= 11 is 31.0. The SMILES string of the molecule is Cc1ccc(S(=O)(=O)/N=S(\NS(=O)(=O)c2ccc(C)cc2)c2c(Cl)c(Cl)c(Cl)c(Cl)c2Cl)cc1. The molecule has 0 aliphatic heterocycles. The number of hydrogen-bond acceptors (Lipinski definition) is 4. The topological polar surface area (TPSA) is 92.7 Å². The minimum absolute atomic E-state index is 0.128. The van der Waals surface area contributed by atoms with E-state index in [4.69, 9.17) is 58.0 Å². The van der Waals surface area contributed by atoms with Crippen LogP contribution in [0.25, 0.3) is 0 Å². The monoisotopic (exact) mass is 618 g/mol. The van der Waals surface area contributed by atoms with Crippen molar-refractivity contribution in [3.63, 3.8) is 0 Å². The van der Waals surface area contributed by atoms with E-state index in [1.165, 1.54) is 24.3 Å². The number of nitrogens with one attached hydrogen (secondary N) is 1. The fraction of sp³-hybridized carbons (Fsp3) is 0.100. The second-order valence-corrected chi connectivity index (χ2v) is 14.0. The molecule has 0 radical (unpaired) electrons. The molecular formula is C20H15Cl5N2O4S3. The maximum Gasteiger partial charge on any atom is 0.289 e. The molecule has 3 rings (SSSR count). The highest BCUT2D eigenvalue weighted by Gasteiger charge is 2.28. The number of nitrogens with zero attached hydrogens (tertiary/aromatic N) is 1. The fourth-order valence-corrected chi connectivity index (χ4v) is 9.15. The lowest BCUT2D eigenvalue weighted by atomic mass is 10.2. The van der Waals surface area contributed by atoms with Gasteiger partial charge < -0.3 is 0 Å². The van der Waals surface area contributed by atoms with Crippen LogP contribution in [0.15, 0.2) is 67.0 Å². The standard InChI is InChI=1S/C20H15Cl5N2O4S3/c1-11-3-7-13(8-4-11)33(28,29)26-32(20-18(24)16(22)15(21)17(23)19(20)25)27-34(30,31)14-9-5-12(2)6-10-14/h3-10H,1-2H3,(H,26,27). The van der Waals surface area contributed by atoms with Crippen molar-refractivity contribution in [1.82, 2.24) is 4.13 Å². The van der Waals surface area contributed by atoms with Crippen LogP contribution in [0.4, 0.5) is 0 Å². The van der Waals surface area contributed by atoms with E-state index < -0.39 is 30.9 Å². The Morgan fingerprint density at radius 2 is 1.03 bits per heavy atom. The highest BCUT2D eigenvalue weighted by atomic mass is 35.5. The summed E-state index contributed by atoms with van der Waals surface area (Å²) in [4.78, 5) is -0.533. The number of sulfonamides is 2. The molecule has 1 unspecified atom stereocenters. The first-order valence-electron chi connectivity index (χ1n) is 9.14. The van der Waals surface area contributed by atoms with Gasteiger partial charge in [0.15, 0.2) is 0 Å². The normalized spacial score (nSPS) is 13.3. The molecule has 0 spiro atoms. The van der Waals surface area contributed by atoms with Gasteiger partial charge >= 0.3 is 0 Å². The van der Waals surface area contributed by atoms with Gasteiger partial charge in [0.2, 0.25) is 0 Å². The van der Waals surface area contributed by atoms with E-state index in [0.717, 1.165) is 11.1 Å². The lowest BCUT2D eigenvalue weighted by Gasteiger charge is -2.16. The summed E-state index contributed by atoms with van der Waals surface area (Å²) in [5, 5.41) is -1.23. The van der Waals surface area contributed by atoms with Gasteiger partial charge in [-0.3, -0.25) is 0 Å². The number of benzene rings is 3. The van der Waals surface area contributed by atoms with Gasteiger partial charge in [-0.25, -0.2) is 8.42 Å². The van der Waals surface area contributed by atoms with E-state index >= 15 is 0 Å². The number of aryl methyl sites for hydroxylation is 2. The highest BCUT2D eigenvalue weighted by Crippen LogP contribution is 2.45. The Kier molecular flexibility index (Phi) is 8.65. The molecule has 34 heavy (non-hydrogen) atoms. The molecule has 0 aliphatic carbocycles. The molecule has 3 aromatic carbocycles. The third-order valence-corrected chi connectivity index (χ3v) is 12.3. The summed E-state index contributed by atoms with van der Waals surface area (Å²) in [6.45, 7) is 3.57. The molecule has 0 aromatic heterocycles. The van der Waals surface area contributed by atoms with Crippen molar-refractivity contribution < 1.29 is 16.8 Å². The Bertz CT molecular complexity index is 1480. The second kappa shape index (κ2) is 10.6. The molecular weight excluding hydrogens is 606 g/mol. The zero-order valence-corrected chi connectivity index (χ0v) is 23.5. The second-order valence-electron chi connectivity index (χ2n) is 6.95. The lowest BCUT2D eigenvalue weighted by Crippen LogP contribution is -2.27. The molecule has 0 saturated carbocycles. The summed E-state index contributed by atoms with van der Waals surface area (Å²) in [7, 11) is -10.9. The van der Waals surface area contributed by atoms with Gasteiger partial charge in [0.1, 0.15) is 0 Å². The third-order valence-electron chi connectivity index (χ3n) is 4.37. The van der Waals surface area contributed by atoms with Crippen molar-refractivity contribution in [3.05, 3.63) is 84.8 Å². The van der Waals surface area contributed by atoms with E-state index in [1.807, 2.05) is 0 Å². The third kappa shape index (κ3) is 5.91. The summed E-state index contributed by atoms with van der Waals surface area (Å²) in [6.07, 6.45) is 0. The van der Waals surface area contributed by atoms with Crippen LogP contribution in [0.5, 0.6) is 0 Å². The first-order chi connectivity index (χ1) is 15.7. The zero-order chi connectivity index (χ0) is 25.4. The maximum absolute atomic E-state index is 13.1. The van der Waals surface area contributed by atoms with Crippen molar-refractivity contribution in [3.8, 4) is 0 Å². The molecule has 0 amide bonds. The summed E-state index contributed by atoms with van der Waals surface area (Å²) in [5.41, 5.74) is 1.65. The van der Waals surface area contributed by atoms with Crippen LogP contribution in [0.2, 0.25) is 25.1 Å². The average Bonchev–Trinajstić information content (AvgIpc) is 2.76. The van der Waals surface area contributed by atoms with E-state index in [0.29, 0.717) is 0 Å². The molecule has 0 saturated heterocycles. The number of rotatable bonds is 6. The van der Waals surface area contributed by atoms with Crippen LogP contribution in [-0.2, 0) is 30.9 Å². The molecule has 0 aliphatic rings. The van der Waals surface area contributed by atoms with Gasteiger partial charge in [-0.1, -0.05) is 93.4 Å². The van der Waals surface area contributed by atoms with Crippen LogP contribution in [-0.4, -0.2) is 16.8 Å². The van der Waals surface area contributed by atoms with Gasteiger partial charge in [0.05, 0.1) is 39.8 Å². The first kappa shape index (κ1) is 27.7. The highest BCUT2D eigenvalue weighted by molar-refractivity contribution is 8.06. The zero-order valence-electron chi connectivity index (χ0n) is 17.3. The van der Waals surface area contributed by atoms with E-state index in [1.54, 1.807) is 38.1 Å². The smallest absolute Gasteiger partial charge is 0.206 e. The minimum atomic E-state index is -4.38. The van der Waals surface area contributed by atoms with Crippen molar-refractivity contribution in [2.75, 3.05) is 0 Å². The average molecular weight is 621 g/mol. The molecule has 0 bridgehead atoms. The maximum atomic E-state index is 13.1. The van der Waals surface area contributed by atoms with Crippen molar-refractivity contribution >= 4 is 88.9 Å². The summed E-state index contributed by atoms with van der Waals surface area (Å²) < 4.78 is 58.5. The quantitative estimate of drug-likeness (QED) is 0.237. The Morgan fingerprint density at radius 1 is 0.647 bits per heavy atom. The van der Waals surface area contributed by atoms with Crippen LogP contribution in [0.3, 0.4) is 0 Å². The molecule has 14 heteroatoms. The Balaban J connectivity index is 2.28. The Morgan fingerprint density at radius 3 is 1.47 bits per heavy atom. The van der Waals surface area contributed by atoms with E-state index in [2.05, 4.69) is 7.90 Å². The molecule has 0 fully saturated rings. The Hall–Kier alpha value is -0.880. The molecule has 6 nitrogen and oxygen atoms in total. The van der Waals surface area contributed by atoms with Gasteiger partial charge in [-0.05, 0) is 38.1 Å². The molecule has 1 N–H and O–H groups in total. The summed E-state index contributed by atoms with van der Waals surface area (Å²) in [5.74, 6) is 0. The van der Waals surface area contributed by atoms with Crippen LogP contribution in [0.1, 0.15) is 11.1 Å². The molecule has 3 aromatic rings. The van der Waals surface area contributed by atoms with Gasteiger partial charge in [0, 0.05) is 10.9 Å². The lowest BCUT2D eigenvalue weighted by molar-refractivity contribution is 0.594. The summed E-state index contributed by atoms with van der Waals surface area (Å²) in [6, 6.07) is 11.7. The van der Waals surface area contributed by atoms with Gasteiger partial charge in [0.25, 0.3) is 20.0 Å². The minimum Gasteiger partial charge on any atom is -0.206 e. The van der Waals surface area contributed by atoms with Crippen LogP contribution in [0, 0.1) is 13.8 Å². The molecule has 1 atom stereocenters. The van der Waals surface area contributed by atoms with E-state index in [-0.39, 0.29) is 39.8 Å². The molecule has 0 heterocycles. The largest absolute Gasteiger partial charge is 0.289 e. The van der Waals surface area contributed by atoms with Gasteiger partial charge in [-0.2, -0.15) is 8.42 Å². The number of halogens is 5. The van der Waals surface area contributed by atoms with Crippen molar-refractivity contribution in [2.45, 2.75) is 28.5 Å². The van der Waals surface area contributed by atoms with Crippen molar-refractivity contribution in [1.29, 1.82) is 0 Å². The van der Waals surface area contributed by atoms with Crippen molar-refractivity contribution in [2.24, 2.45) is 3.77 Å². The molecule has 182 valence electrons. The predicted octanol–water partition coefficient (Wildman–Crippen LogP) is 7.01. The van der Waals surface area contributed by atoms with Crippen LogP contribution < -0.4 is 4.13 Å². The number of hydrogen-bond donors (Lipinski definition) is 1. The predicted molar refractivity (Wildman–Crippen MR) is 139 cm³/mol. The Labute approximate surface area is 225 Å².